The lowest BCUT2D eigenvalue weighted by Gasteiger charge is -2.35. The molecule has 2 aromatic rings. The molecule has 2 heterocycles. The molecule has 0 saturated carbocycles. The molecule has 1 aromatic heterocycles. The molecular weight excluding hydrogens is 314 g/mol. The minimum atomic E-state index is 0.547. The van der Waals surface area contributed by atoms with Crippen LogP contribution in [0.15, 0.2) is 34.9 Å². The van der Waals surface area contributed by atoms with Crippen molar-refractivity contribution < 1.29 is 0 Å². The number of halogens is 1. The first-order valence-corrected chi connectivity index (χ1v) is 8.11. The molecule has 1 saturated heterocycles. The number of fused-ring (bicyclic) bond motifs is 1. The standard InChI is InChI=1S/C16H20BrN3/c1-2-20(12-5-4-9-18-11-12)16-14-6-3-7-15(17)13(14)8-10-19-16/h3,6-8,10,12,18H,2,4-5,9,11H2,1H3. The Balaban J connectivity index is 2.05. The maximum Gasteiger partial charge on any atom is 0.136 e. The molecule has 3 rings (SSSR count). The summed E-state index contributed by atoms with van der Waals surface area (Å²) in [7, 11) is 0. The lowest BCUT2D eigenvalue weighted by molar-refractivity contribution is 0.434. The zero-order valence-corrected chi connectivity index (χ0v) is 13.4. The fourth-order valence-corrected chi connectivity index (χ4v) is 3.56. The van der Waals surface area contributed by atoms with E-state index in [1.807, 2.05) is 6.20 Å². The van der Waals surface area contributed by atoms with Gasteiger partial charge in [0.1, 0.15) is 5.82 Å². The zero-order chi connectivity index (χ0) is 13.9. The Kier molecular flexibility index (Phi) is 4.22. The summed E-state index contributed by atoms with van der Waals surface area (Å²) in [5, 5.41) is 5.97. The molecule has 3 nitrogen and oxygen atoms in total. The summed E-state index contributed by atoms with van der Waals surface area (Å²) >= 11 is 3.64. The summed E-state index contributed by atoms with van der Waals surface area (Å²) in [4.78, 5) is 7.12. The summed E-state index contributed by atoms with van der Waals surface area (Å²) < 4.78 is 1.14. The first kappa shape index (κ1) is 13.8. The van der Waals surface area contributed by atoms with Crippen LogP contribution in [0.4, 0.5) is 5.82 Å². The third kappa shape index (κ3) is 2.54. The van der Waals surface area contributed by atoms with Crippen molar-refractivity contribution in [1.29, 1.82) is 0 Å². The highest BCUT2D eigenvalue weighted by Crippen LogP contribution is 2.31. The number of pyridine rings is 1. The number of benzene rings is 1. The van der Waals surface area contributed by atoms with Gasteiger partial charge in [0.15, 0.2) is 0 Å². The van der Waals surface area contributed by atoms with Gasteiger partial charge in [-0.3, -0.25) is 0 Å². The van der Waals surface area contributed by atoms with Crippen LogP contribution in [0.2, 0.25) is 0 Å². The number of piperidine rings is 1. The SMILES string of the molecule is CCN(c1nccc2c(Br)cccc12)C1CCCNC1. The molecule has 1 unspecified atom stereocenters. The van der Waals surface area contributed by atoms with E-state index >= 15 is 0 Å². The Bertz CT molecular complexity index is 593. The summed E-state index contributed by atoms with van der Waals surface area (Å²) in [6, 6.07) is 8.97. The molecule has 106 valence electrons. The molecule has 0 aliphatic carbocycles. The van der Waals surface area contributed by atoms with Crippen LogP contribution in [0.3, 0.4) is 0 Å². The summed E-state index contributed by atoms with van der Waals surface area (Å²) in [5.41, 5.74) is 0. The zero-order valence-electron chi connectivity index (χ0n) is 11.8. The normalized spacial score (nSPS) is 19.2. The number of aromatic nitrogens is 1. The van der Waals surface area contributed by atoms with Crippen LogP contribution in [0.1, 0.15) is 19.8 Å². The van der Waals surface area contributed by atoms with E-state index in [-0.39, 0.29) is 0 Å². The average Bonchev–Trinajstić information content (AvgIpc) is 2.50. The third-order valence-electron chi connectivity index (χ3n) is 4.06. The Hall–Kier alpha value is -1.13. The topological polar surface area (TPSA) is 28.2 Å². The van der Waals surface area contributed by atoms with Crippen LogP contribution < -0.4 is 10.2 Å². The van der Waals surface area contributed by atoms with Gasteiger partial charge in [0.25, 0.3) is 0 Å². The van der Waals surface area contributed by atoms with Gasteiger partial charge >= 0.3 is 0 Å². The first-order chi connectivity index (χ1) is 9.81. The summed E-state index contributed by atoms with van der Waals surface area (Å²) in [6.07, 6.45) is 4.41. The van der Waals surface area contributed by atoms with E-state index in [4.69, 9.17) is 0 Å². The number of hydrogen-bond acceptors (Lipinski definition) is 3. The third-order valence-corrected chi connectivity index (χ3v) is 4.75. The van der Waals surface area contributed by atoms with Crippen molar-refractivity contribution in [2.75, 3.05) is 24.5 Å². The maximum absolute atomic E-state index is 4.67. The van der Waals surface area contributed by atoms with Gasteiger partial charge < -0.3 is 10.2 Å². The lowest BCUT2D eigenvalue weighted by atomic mass is 10.0. The number of likely N-dealkylation sites (N-methyl/N-ethyl adjacent to an activating group) is 1. The van der Waals surface area contributed by atoms with Gasteiger partial charge in [-0.15, -0.1) is 0 Å². The van der Waals surface area contributed by atoms with E-state index in [1.54, 1.807) is 0 Å². The molecule has 20 heavy (non-hydrogen) atoms. The molecule has 4 heteroatoms. The van der Waals surface area contributed by atoms with Gasteiger partial charge in [0, 0.05) is 40.6 Å². The molecule has 1 fully saturated rings. The Morgan fingerprint density at radius 1 is 1.35 bits per heavy atom. The van der Waals surface area contributed by atoms with Crippen molar-refractivity contribution in [3.8, 4) is 0 Å². The fraction of sp³-hybridized carbons (Fsp3) is 0.438. The summed E-state index contributed by atoms with van der Waals surface area (Å²) in [6.45, 7) is 5.40. The molecule has 1 N–H and O–H groups in total. The predicted molar refractivity (Wildman–Crippen MR) is 88.4 cm³/mol. The Labute approximate surface area is 128 Å². The van der Waals surface area contributed by atoms with E-state index in [9.17, 15) is 0 Å². The van der Waals surface area contributed by atoms with Crippen LogP contribution in [0, 0.1) is 0 Å². The molecule has 0 bridgehead atoms. The van der Waals surface area contributed by atoms with Gasteiger partial charge in [-0.2, -0.15) is 0 Å². The average molecular weight is 334 g/mol. The Morgan fingerprint density at radius 3 is 3.00 bits per heavy atom. The summed E-state index contributed by atoms with van der Waals surface area (Å²) in [5.74, 6) is 1.11. The molecule has 1 atom stereocenters. The van der Waals surface area contributed by atoms with E-state index in [1.165, 1.54) is 23.6 Å². The van der Waals surface area contributed by atoms with Crippen molar-refractivity contribution in [2.45, 2.75) is 25.8 Å². The van der Waals surface area contributed by atoms with Gasteiger partial charge in [-0.1, -0.05) is 28.1 Å². The molecule has 0 spiro atoms. The maximum atomic E-state index is 4.67. The van der Waals surface area contributed by atoms with Gasteiger partial charge in [-0.05, 0) is 38.4 Å². The molecular formula is C16H20BrN3. The minimum absolute atomic E-state index is 0.547. The van der Waals surface area contributed by atoms with Crippen LogP contribution in [0.25, 0.3) is 10.8 Å². The van der Waals surface area contributed by atoms with Gasteiger partial charge in [-0.25, -0.2) is 4.98 Å². The fourth-order valence-electron chi connectivity index (χ4n) is 3.06. The smallest absolute Gasteiger partial charge is 0.136 e. The second kappa shape index (κ2) is 6.10. The minimum Gasteiger partial charge on any atom is -0.352 e. The van der Waals surface area contributed by atoms with E-state index in [2.05, 4.69) is 62.3 Å². The van der Waals surface area contributed by atoms with E-state index in [0.717, 1.165) is 29.9 Å². The van der Waals surface area contributed by atoms with Crippen LogP contribution >= 0.6 is 15.9 Å². The van der Waals surface area contributed by atoms with Crippen molar-refractivity contribution in [1.82, 2.24) is 10.3 Å². The monoisotopic (exact) mass is 333 g/mol. The molecule has 1 aliphatic rings. The number of anilines is 1. The van der Waals surface area contributed by atoms with E-state index < -0.39 is 0 Å². The van der Waals surface area contributed by atoms with Gasteiger partial charge in [0.05, 0.1) is 0 Å². The van der Waals surface area contributed by atoms with Crippen molar-refractivity contribution in [3.63, 3.8) is 0 Å². The number of rotatable bonds is 3. The Morgan fingerprint density at radius 2 is 2.25 bits per heavy atom. The number of hydrogen-bond donors (Lipinski definition) is 1. The number of nitrogens with zero attached hydrogens (tertiary/aromatic N) is 2. The van der Waals surface area contributed by atoms with Crippen LogP contribution in [0.5, 0.6) is 0 Å². The van der Waals surface area contributed by atoms with Crippen molar-refractivity contribution in [2.24, 2.45) is 0 Å². The lowest BCUT2D eigenvalue weighted by Crippen LogP contribution is -2.46. The van der Waals surface area contributed by atoms with Gasteiger partial charge in [0.2, 0.25) is 0 Å². The van der Waals surface area contributed by atoms with Crippen LogP contribution in [-0.2, 0) is 0 Å². The quantitative estimate of drug-likeness (QED) is 0.930. The highest BCUT2D eigenvalue weighted by Gasteiger charge is 2.22. The number of nitrogens with one attached hydrogen (secondary N) is 1. The van der Waals surface area contributed by atoms with Crippen molar-refractivity contribution in [3.05, 3.63) is 34.9 Å². The molecule has 0 radical (unpaired) electrons. The first-order valence-electron chi connectivity index (χ1n) is 7.32. The molecule has 0 amide bonds. The van der Waals surface area contributed by atoms with Crippen LogP contribution in [-0.4, -0.2) is 30.7 Å². The van der Waals surface area contributed by atoms with Crippen molar-refractivity contribution >= 4 is 32.5 Å². The highest BCUT2D eigenvalue weighted by molar-refractivity contribution is 9.10. The second-order valence-corrected chi connectivity index (χ2v) is 6.11. The largest absolute Gasteiger partial charge is 0.352 e. The molecule has 1 aromatic carbocycles. The second-order valence-electron chi connectivity index (χ2n) is 5.26. The van der Waals surface area contributed by atoms with E-state index in [0.29, 0.717) is 6.04 Å². The molecule has 1 aliphatic heterocycles. The predicted octanol–water partition coefficient (Wildman–Crippen LogP) is 3.58. The highest BCUT2D eigenvalue weighted by atomic mass is 79.9.